The van der Waals surface area contributed by atoms with E-state index in [9.17, 15) is 9.59 Å². The summed E-state index contributed by atoms with van der Waals surface area (Å²) in [6, 6.07) is 15.1. The number of anilines is 2. The summed E-state index contributed by atoms with van der Waals surface area (Å²) in [7, 11) is 0. The van der Waals surface area contributed by atoms with Crippen molar-refractivity contribution in [2.24, 2.45) is 0 Å². The molecule has 1 heterocycles. The molecule has 0 radical (unpaired) electrons. The molecule has 0 saturated heterocycles. The average molecular weight is 372 g/mol. The van der Waals surface area contributed by atoms with E-state index in [4.69, 9.17) is 5.73 Å². The van der Waals surface area contributed by atoms with Gasteiger partial charge in [-0.2, -0.15) is 0 Å². The van der Waals surface area contributed by atoms with Gasteiger partial charge >= 0.3 is 0 Å². The highest BCUT2D eigenvalue weighted by Gasteiger charge is 2.37. The van der Waals surface area contributed by atoms with Crippen LogP contribution in [0.25, 0.3) is 10.8 Å². The Kier molecular flexibility index (Phi) is 4.22. The molecule has 0 atom stereocenters. The molecule has 2 N–H and O–H groups in total. The molecular weight excluding hydrogens is 348 g/mol. The second kappa shape index (κ2) is 6.48. The summed E-state index contributed by atoms with van der Waals surface area (Å²) in [5.74, 6) is -0.301. The normalized spacial score (nSPS) is 13.9. The third-order valence-corrected chi connectivity index (χ3v) is 5.49. The van der Waals surface area contributed by atoms with Crippen LogP contribution in [0.1, 0.15) is 71.4 Å². The molecule has 0 fully saturated rings. The van der Waals surface area contributed by atoms with Crippen LogP contribution in [0.3, 0.4) is 0 Å². The minimum atomic E-state index is -0.346. The molecule has 0 spiro atoms. The molecule has 0 unspecified atom stereocenters. The first kappa shape index (κ1) is 18.2. The third-order valence-electron chi connectivity index (χ3n) is 5.49. The van der Waals surface area contributed by atoms with Gasteiger partial charge in [0.05, 0.1) is 11.3 Å². The van der Waals surface area contributed by atoms with E-state index in [0.717, 1.165) is 16.5 Å². The Balaban J connectivity index is 2.06. The lowest BCUT2D eigenvalue weighted by Crippen LogP contribution is -2.42. The number of rotatable bonds is 3. The van der Waals surface area contributed by atoms with Gasteiger partial charge in [0.1, 0.15) is 0 Å². The SMILES string of the molecule is CC(C)c1cccc(C(C)C)c1N1C(=O)c2cccc3ccc(N)c(c23)C1=O. The highest BCUT2D eigenvalue weighted by Crippen LogP contribution is 2.41. The first-order valence-corrected chi connectivity index (χ1v) is 9.65. The monoisotopic (exact) mass is 372 g/mol. The predicted octanol–water partition coefficient (Wildman–Crippen LogP) is 5.47. The van der Waals surface area contributed by atoms with Gasteiger partial charge in [-0.05, 0) is 40.5 Å². The number of nitrogens with zero attached hydrogens (tertiary/aromatic N) is 1. The Bertz CT molecular complexity index is 1100. The van der Waals surface area contributed by atoms with Crippen molar-refractivity contribution in [3.63, 3.8) is 0 Å². The summed E-state index contributed by atoms with van der Waals surface area (Å²) >= 11 is 0. The number of carbonyl (C=O) groups excluding carboxylic acids is 2. The second-order valence-corrected chi connectivity index (χ2v) is 7.97. The number of carbonyl (C=O) groups is 2. The fourth-order valence-corrected chi connectivity index (χ4v) is 4.10. The molecular formula is C24H24N2O2. The molecule has 4 heteroatoms. The van der Waals surface area contributed by atoms with Gasteiger partial charge in [-0.3, -0.25) is 9.59 Å². The number of amides is 2. The Labute approximate surface area is 165 Å². The molecule has 28 heavy (non-hydrogen) atoms. The van der Waals surface area contributed by atoms with Crippen molar-refractivity contribution < 1.29 is 9.59 Å². The van der Waals surface area contributed by atoms with E-state index in [1.54, 1.807) is 12.1 Å². The van der Waals surface area contributed by atoms with E-state index in [2.05, 4.69) is 27.7 Å². The minimum absolute atomic E-state index is 0.166. The first-order chi connectivity index (χ1) is 13.3. The predicted molar refractivity (Wildman–Crippen MR) is 114 cm³/mol. The standard InChI is InChI=1S/C24H24N2O2/c1-13(2)16-8-6-9-17(14(3)4)22(16)26-23(27)18-10-5-7-15-11-12-19(25)21(20(15)18)24(26)28/h5-14H,25H2,1-4H3. The van der Waals surface area contributed by atoms with Gasteiger partial charge in [0.15, 0.2) is 0 Å². The summed E-state index contributed by atoms with van der Waals surface area (Å²) in [6.07, 6.45) is 0. The van der Waals surface area contributed by atoms with Crippen molar-refractivity contribution >= 4 is 34.0 Å². The lowest BCUT2D eigenvalue weighted by Gasteiger charge is -2.32. The van der Waals surface area contributed by atoms with Crippen molar-refractivity contribution in [3.8, 4) is 0 Å². The van der Waals surface area contributed by atoms with Crippen LogP contribution in [-0.2, 0) is 0 Å². The van der Waals surface area contributed by atoms with Crippen LogP contribution >= 0.6 is 0 Å². The summed E-state index contributed by atoms with van der Waals surface area (Å²) in [4.78, 5) is 28.5. The molecule has 4 nitrogen and oxygen atoms in total. The minimum Gasteiger partial charge on any atom is -0.398 e. The van der Waals surface area contributed by atoms with E-state index in [1.807, 2.05) is 36.4 Å². The van der Waals surface area contributed by atoms with Gasteiger partial charge in [0.2, 0.25) is 0 Å². The van der Waals surface area contributed by atoms with Crippen LogP contribution < -0.4 is 10.6 Å². The maximum Gasteiger partial charge on any atom is 0.268 e. The largest absolute Gasteiger partial charge is 0.398 e. The number of para-hydroxylation sites is 1. The summed E-state index contributed by atoms with van der Waals surface area (Å²) in [6.45, 7) is 8.30. The molecule has 4 rings (SSSR count). The van der Waals surface area contributed by atoms with Gasteiger partial charge < -0.3 is 5.73 Å². The molecule has 1 aliphatic heterocycles. The fraction of sp³-hybridized carbons (Fsp3) is 0.250. The Morgan fingerprint density at radius 3 is 2.00 bits per heavy atom. The van der Waals surface area contributed by atoms with Crippen LogP contribution in [-0.4, -0.2) is 11.8 Å². The summed E-state index contributed by atoms with van der Waals surface area (Å²) in [5.41, 5.74) is 10.2. The molecule has 3 aromatic rings. The molecule has 142 valence electrons. The van der Waals surface area contributed by atoms with Crippen LogP contribution in [0.15, 0.2) is 48.5 Å². The van der Waals surface area contributed by atoms with E-state index >= 15 is 0 Å². The number of nitrogen functional groups attached to an aromatic ring is 1. The van der Waals surface area contributed by atoms with Crippen molar-refractivity contribution in [3.05, 3.63) is 70.8 Å². The summed E-state index contributed by atoms with van der Waals surface area (Å²) < 4.78 is 0. The number of hydrogen-bond acceptors (Lipinski definition) is 3. The molecule has 0 aromatic heterocycles. The van der Waals surface area contributed by atoms with Crippen molar-refractivity contribution in [1.29, 1.82) is 0 Å². The van der Waals surface area contributed by atoms with Crippen molar-refractivity contribution in [2.45, 2.75) is 39.5 Å². The molecule has 0 bridgehead atoms. The number of benzene rings is 3. The van der Waals surface area contributed by atoms with Crippen molar-refractivity contribution in [2.75, 3.05) is 10.6 Å². The maximum atomic E-state index is 13.6. The zero-order valence-corrected chi connectivity index (χ0v) is 16.6. The number of imide groups is 1. The lowest BCUT2D eigenvalue weighted by atomic mass is 9.88. The van der Waals surface area contributed by atoms with E-state index in [-0.39, 0.29) is 23.7 Å². The van der Waals surface area contributed by atoms with E-state index in [0.29, 0.717) is 27.9 Å². The Morgan fingerprint density at radius 1 is 0.786 bits per heavy atom. The quantitative estimate of drug-likeness (QED) is 0.490. The van der Waals surface area contributed by atoms with Gasteiger partial charge in [-0.25, -0.2) is 4.90 Å². The molecule has 3 aromatic carbocycles. The molecule has 2 amide bonds. The number of nitrogens with two attached hydrogens (primary N) is 1. The van der Waals surface area contributed by atoms with Gasteiger partial charge in [0.25, 0.3) is 11.8 Å². The van der Waals surface area contributed by atoms with E-state index < -0.39 is 0 Å². The van der Waals surface area contributed by atoms with E-state index in [1.165, 1.54) is 4.90 Å². The smallest absolute Gasteiger partial charge is 0.268 e. The van der Waals surface area contributed by atoms with Gasteiger partial charge in [-0.1, -0.05) is 64.1 Å². The topological polar surface area (TPSA) is 63.4 Å². The highest BCUT2D eigenvalue weighted by atomic mass is 16.2. The number of hydrogen-bond donors (Lipinski definition) is 1. The third kappa shape index (κ3) is 2.52. The van der Waals surface area contributed by atoms with Crippen molar-refractivity contribution in [1.82, 2.24) is 0 Å². The fourth-order valence-electron chi connectivity index (χ4n) is 4.10. The van der Waals surface area contributed by atoms with Crippen LogP contribution in [0.4, 0.5) is 11.4 Å². The molecule has 0 aliphatic carbocycles. The zero-order chi connectivity index (χ0) is 20.2. The summed E-state index contributed by atoms with van der Waals surface area (Å²) in [5, 5.41) is 1.51. The average Bonchev–Trinajstić information content (AvgIpc) is 2.66. The van der Waals surface area contributed by atoms with Gasteiger partial charge in [0, 0.05) is 16.6 Å². The van der Waals surface area contributed by atoms with Crippen LogP contribution in [0.2, 0.25) is 0 Å². The molecule has 1 aliphatic rings. The first-order valence-electron chi connectivity index (χ1n) is 9.65. The maximum absolute atomic E-state index is 13.6. The Hall–Kier alpha value is -3.14. The highest BCUT2D eigenvalue weighted by molar-refractivity contribution is 6.37. The van der Waals surface area contributed by atoms with Gasteiger partial charge in [-0.15, -0.1) is 0 Å². The zero-order valence-electron chi connectivity index (χ0n) is 16.6. The lowest BCUT2D eigenvalue weighted by molar-refractivity contribution is 0.0893. The van der Waals surface area contributed by atoms with Crippen LogP contribution in [0.5, 0.6) is 0 Å². The van der Waals surface area contributed by atoms with Crippen LogP contribution in [0, 0.1) is 0 Å². The Morgan fingerprint density at radius 2 is 1.39 bits per heavy atom. The molecule has 0 saturated carbocycles. The second-order valence-electron chi connectivity index (χ2n) is 7.97.